The molecule has 0 aromatic heterocycles. The zero-order chi connectivity index (χ0) is 17.0. The van der Waals surface area contributed by atoms with Crippen molar-refractivity contribution in [3.63, 3.8) is 0 Å². The van der Waals surface area contributed by atoms with E-state index in [0.717, 1.165) is 11.1 Å². The summed E-state index contributed by atoms with van der Waals surface area (Å²) in [5.41, 5.74) is 3.28. The Labute approximate surface area is 138 Å². The summed E-state index contributed by atoms with van der Waals surface area (Å²) in [6, 6.07) is 12.1. The van der Waals surface area contributed by atoms with Gasteiger partial charge >= 0.3 is 0 Å². The van der Waals surface area contributed by atoms with Crippen LogP contribution in [-0.2, 0) is 10.0 Å². The lowest BCUT2D eigenvalue weighted by Crippen LogP contribution is -2.27. The van der Waals surface area contributed by atoms with Gasteiger partial charge in [-0.2, -0.15) is 0 Å². The van der Waals surface area contributed by atoms with Gasteiger partial charge < -0.3 is 4.74 Å². The van der Waals surface area contributed by atoms with Crippen LogP contribution >= 0.6 is 0 Å². The van der Waals surface area contributed by atoms with Crippen molar-refractivity contribution in [1.29, 1.82) is 0 Å². The van der Waals surface area contributed by atoms with Crippen molar-refractivity contribution in [2.75, 3.05) is 6.61 Å². The number of sulfonamides is 1. The highest BCUT2D eigenvalue weighted by Gasteiger charge is 2.18. The Kier molecular flexibility index (Phi) is 5.44. The minimum atomic E-state index is -3.57. The van der Waals surface area contributed by atoms with E-state index in [1.54, 1.807) is 24.3 Å². The van der Waals surface area contributed by atoms with E-state index < -0.39 is 10.0 Å². The van der Waals surface area contributed by atoms with Gasteiger partial charge in [0.1, 0.15) is 5.75 Å². The molecule has 0 bridgehead atoms. The molecule has 1 N–H and O–H groups in total. The number of aryl methyl sites for hydroxylation is 2. The number of rotatable bonds is 6. The van der Waals surface area contributed by atoms with Crippen molar-refractivity contribution in [1.82, 2.24) is 4.72 Å². The second kappa shape index (κ2) is 7.15. The van der Waals surface area contributed by atoms with Crippen molar-refractivity contribution >= 4 is 10.0 Å². The van der Waals surface area contributed by atoms with Gasteiger partial charge in [0.25, 0.3) is 0 Å². The van der Waals surface area contributed by atoms with Crippen LogP contribution < -0.4 is 9.46 Å². The smallest absolute Gasteiger partial charge is 0.241 e. The lowest BCUT2D eigenvalue weighted by atomic mass is 10.0. The summed E-state index contributed by atoms with van der Waals surface area (Å²) in [5.74, 6) is 0.661. The minimum Gasteiger partial charge on any atom is -0.494 e. The molecule has 0 spiro atoms. The summed E-state index contributed by atoms with van der Waals surface area (Å²) in [6.07, 6.45) is 0. The summed E-state index contributed by atoms with van der Waals surface area (Å²) in [5, 5.41) is 0. The number of hydrogen-bond acceptors (Lipinski definition) is 3. The summed E-state index contributed by atoms with van der Waals surface area (Å²) in [7, 11) is -3.57. The SMILES string of the molecule is CCOc1ccc(S(=O)(=O)N[C@@H](C)c2ccc(C)c(C)c2)cc1. The molecule has 23 heavy (non-hydrogen) atoms. The maximum Gasteiger partial charge on any atom is 0.241 e. The molecule has 0 radical (unpaired) electrons. The maximum atomic E-state index is 12.5. The third-order valence-corrected chi connectivity index (χ3v) is 5.36. The molecule has 0 saturated carbocycles. The molecular formula is C18H23NO3S. The summed E-state index contributed by atoms with van der Waals surface area (Å²) in [6.45, 7) is 8.34. The molecule has 1 atom stereocenters. The fourth-order valence-corrected chi connectivity index (χ4v) is 3.52. The van der Waals surface area contributed by atoms with Crippen molar-refractivity contribution in [3.8, 4) is 5.75 Å². The van der Waals surface area contributed by atoms with E-state index >= 15 is 0 Å². The first-order valence-electron chi connectivity index (χ1n) is 7.66. The Balaban J connectivity index is 2.17. The van der Waals surface area contributed by atoms with Gasteiger partial charge in [-0.15, -0.1) is 0 Å². The molecule has 2 aromatic carbocycles. The maximum absolute atomic E-state index is 12.5. The average Bonchev–Trinajstić information content (AvgIpc) is 2.50. The molecule has 2 rings (SSSR count). The molecular weight excluding hydrogens is 310 g/mol. The van der Waals surface area contributed by atoms with Gasteiger partial charge in [0.2, 0.25) is 10.0 Å². The number of ether oxygens (including phenoxy) is 1. The van der Waals surface area contributed by atoms with Gasteiger partial charge in [-0.1, -0.05) is 18.2 Å². The fourth-order valence-electron chi connectivity index (χ4n) is 2.28. The first-order chi connectivity index (χ1) is 10.8. The summed E-state index contributed by atoms with van der Waals surface area (Å²) >= 11 is 0. The quantitative estimate of drug-likeness (QED) is 0.876. The second-order valence-corrected chi connectivity index (χ2v) is 7.31. The summed E-state index contributed by atoms with van der Waals surface area (Å²) < 4.78 is 33.0. The molecule has 0 aliphatic heterocycles. The number of benzene rings is 2. The molecule has 0 unspecified atom stereocenters. The van der Waals surface area contributed by atoms with E-state index in [9.17, 15) is 8.42 Å². The molecule has 5 heteroatoms. The second-order valence-electron chi connectivity index (χ2n) is 5.59. The standard InChI is InChI=1S/C18H23NO3S/c1-5-22-17-8-10-18(11-9-17)23(20,21)19-15(4)16-7-6-13(2)14(3)12-16/h6-12,15,19H,5H2,1-4H3/t15-/m0/s1. The molecule has 0 fully saturated rings. The van der Waals surface area contributed by atoms with Crippen LogP contribution in [0.3, 0.4) is 0 Å². The normalized spacial score (nSPS) is 12.9. The van der Waals surface area contributed by atoms with E-state index in [1.807, 2.05) is 45.9 Å². The van der Waals surface area contributed by atoms with E-state index in [0.29, 0.717) is 12.4 Å². The zero-order valence-corrected chi connectivity index (χ0v) is 14.8. The molecule has 0 aliphatic carbocycles. The molecule has 0 heterocycles. The van der Waals surface area contributed by atoms with E-state index in [4.69, 9.17) is 4.74 Å². The largest absolute Gasteiger partial charge is 0.494 e. The van der Waals surface area contributed by atoms with Crippen molar-refractivity contribution in [2.24, 2.45) is 0 Å². The Morgan fingerprint density at radius 2 is 1.70 bits per heavy atom. The van der Waals surface area contributed by atoms with Gasteiger partial charge in [-0.3, -0.25) is 0 Å². The van der Waals surface area contributed by atoms with Crippen molar-refractivity contribution in [3.05, 3.63) is 59.2 Å². The van der Waals surface area contributed by atoms with Crippen LogP contribution in [-0.4, -0.2) is 15.0 Å². The Hall–Kier alpha value is -1.85. The molecule has 0 amide bonds. The zero-order valence-electron chi connectivity index (χ0n) is 14.0. The van der Waals surface area contributed by atoms with Crippen LogP contribution in [0.25, 0.3) is 0 Å². The Bertz CT molecular complexity index is 767. The molecule has 2 aromatic rings. The van der Waals surface area contributed by atoms with E-state index in [-0.39, 0.29) is 10.9 Å². The highest BCUT2D eigenvalue weighted by molar-refractivity contribution is 7.89. The predicted octanol–water partition coefficient (Wildman–Crippen LogP) is 3.74. The summed E-state index contributed by atoms with van der Waals surface area (Å²) in [4.78, 5) is 0.233. The molecule has 0 saturated heterocycles. The fraction of sp³-hybridized carbons (Fsp3) is 0.333. The van der Waals surface area contributed by atoms with Crippen LogP contribution in [0.5, 0.6) is 5.75 Å². The monoisotopic (exact) mass is 333 g/mol. The van der Waals surface area contributed by atoms with Crippen LogP contribution in [0.1, 0.15) is 36.6 Å². The number of hydrogen-bond donors (Lipinski definition) is 1. The molecule has 0 aliphatic rings. The van der Waals surface area contributed by atoms with Crippen LogP contribution in [0.2, 0.25) is 0 Å². The van der Waals surface area contributed by atoms with Gasteiger partial charge in [-0.25, -0.2) is 13.1 Å². The van der Waals surface area contributed by atoms with Crippen LogP contribution in [0.4, 0.5) is 0 Å². The molecule has 4 nitrogen and oxygen atoms in total. The number of nitrogens with one attached hydrogen (secondary N) is 1. The van der Waals surface area contributed by atoms with Gasteiger partial charge in [0.05, 0.1) is 11.5 Å². The van der Waals surface area contributed by atoms with Crippen LogP contribution in [0.15, 0.2) is 47.4 Å². The third-order valence-electron chi connectivity index (χ3n) is 3.81. The lowest BCUT2D eigenvalue weighted by molar-refractivity contribution is 0.340. The lowest BCUT2D eigenvalue weighted by Gasteiger charge is -2.16. The van der Waals surface area contributed by atoms with Crippen molar-refractivity contribution in [2.45, 2.75) is 38.6 Å². The highest BCUT2D eigenvalue weighted by atomic mass is 32.2. The van der Waals surface area contributed by atoms with Gasteiger partial charge in [0, 0.05) is 6.04 Å². The topological polar surface area (TPSA) is 55.4 Å². The Morgan fingerprint density at radius 3 is 2.26 bits per heavy atom. The van der Waals surface area contributed by atoms with E-state index in [1.165, 1.54) is 5.56 Å². The van der Waals surface area contributed by atoms with Crippen LogP contribution in [0, 0.1) is 13.8 Å². The Morgan fingerprint density at radius 1 is 1.04 bits per heavy atom. The average molecular weight is 333 g/mol. The van der Waals surface area contributed by atoms with Gasteiger partial charge in [0.15, 0.2) is 0 Å². The van der Waals surface area contributed by atoms with Gasteiger partial charge in [-0.05, 0) is 68.7 Å². The first kappa shape index (κ1) is 17.5. The highest BCUT2D eigenvalue weighted by Crippen LogP contribution is 2.21. The minimum absolute atomic E-state index is 0.233. The van der Waals surface area contributed by atoms with E-state index in [2.05, 4.69) is 4.72 Å². The first-order valence-corrected chi connectivity index (χ1v) is 9.14. The third kappa shape index (κ3) is 4.33. The van der Waals surface area contributed by atoms with Crippen molar-refractivity contribution < 1.29 is 13.2 Å². The molecule has 124 valence electrons. The predicted molar refractivity (Wildman–Crippen MR) is 92.3 cm³/mol.